The van der Waals surface area contributed by atoms with E-state index in [0.717, 1.165) is 45.1 Å². The summed E-state index contributed by atoms with van der Waals surface area (Å²) in [6, 6.07) is 1.41. The highest BCUT2D eigenvalue weighted by Crippen LogP contribution is 2.09. The van der Waals surface area contributed by atoms with Crippen LogP contribution in [-0.4, -0.2) is 66.2 Å². The summed E-state index contributed by atoms with van der Waals surface area (Å²) in [5.74, 6) is 3.62. The molecule has 1 aromatic heterocycles. The molecule has 0 bridgehead atoms. The topological polar surface area (TPSA) is 73.4 Å². The van der Waals surface area contributed by atoms with Crippen molar-refractivity contribution in [1.82, 2.24) is 25.5 Å². The van der Waals surface area contributed by atoms with E-state index in [1.807, 2.05) is 19.9 Å². The Labute approximate surface area is 150 Å². The first-order valence-corrected chi connectivity index (χ1v) is 8.85. The minimum Gasteiger partial charge on any atom is -0.338 e. The lowest BCUT2D eigenvalue weighted by molar-refractivity contribution is 0.232. The summed E-state index contributed by atoms with van der Waals surface area (Å²) < 4.78 is 0. The monoisotopic (exact) mass is 344 g/mol. The number of rotatable bonds is 7. The molecule has 1 aromatic rings. The van der Waals surface area contributed by atoms with E-state index in [4.69, 9.17) is 6.42 Å². The molecule has 2 heterocycles. The van der Waals surface area contributed by atoms with Crippen LogP contribution in [0, 0.1) is 18.3 Å². The highest BCUT2D eigenvalue weighted by Gasteiger charge is 2.18. The Kier molecular flexibility index (Phi) is 7.48. The Hall–Kier alpha value is -2.33. The summed E-state index contributed by atoms with van der Waals surface area (Å²) in [7, 11) is 0. The van der Waals surface area contributed by atoms with E-state index in [0.29, 0.717) is 6.54 Å². The van der Waals surface area contributed by atoms with Gasteiger partial charge in [-0.15, -0.1) is 6.42 Å². The zero-order valence-electron chi connectivity index (χ0n) is 15.1. The molecule has 1 saturated heterocycles. The molecule has 0 unspecified atom stereocenters. The fourth-order valence-electron chi connectivity index (χ4n) is 2.72. The summed E-state index contributed by atoms with van der Waals surface area (Å²) in [5, 5.41) is 5.68. The van der Waals surface area contributed by atoms with Gasteiger partial charge in [-0.2, -0.15) is 0 Å². The summed E-state index contributed by atoms with van der Waals surface area (Å²) in [5.41, 5.74) is 0. The van der Waals surface area contributed by atoms with E-state index in [-0.39, 0.29) is 18.0 Å². The zero-order valence-corrected chi connectivity index (χ0v) is 15.1. The van der Waals surface area contributed by atoms with Gasteiger partial charge in [0, 0.05) is 45.1 Å². The van der Waals surface area contributed by atoms with Crippen LogP contribution in [0.15, 0.2) is 18.5 Å². The van der Waals surface area contributed by atoms with E-state index in [9.17, 15) is 4.79 Å². The molecule has 0 aliphatic carbocycles. The normalized spacial score (nSPS) is 16.3. The summed E-state index contributed by atoms with van der Waals surface area (Å²) in [6.07, 6.45) is 9.88. The maximum absolute atomic E-state index is 11.8. The zero-order chi connectivity index (χ0) is 18.1. The third-order valence-corrected chi connectivity index (χ3v) is 4.28. The quantitative estimate of drug-likeness (QED) is 0.569. The van der Waals surface area contributed by atoms with Crippen LogP contribution in [0.3, 0.4) is 0 Å². The molecule has 136 valence electrons. The lowest BCUT2D eigenvalue weighted by Gasteiger charge is -2.34. The average molecular weight is 344 g/mol. The van der Waals surface area contributed by atoms with Crippen molar-refractivity contribution in [3.63, 3.8) is 0 Å². The van der Waals surface area contributed by atoms with Gasteiger partial charge < -0.3 is 15.5 Å². The van der Waals surface area contributed by atoms with Crippen molar-refractivity contribution in [1.29, 1.82) is 0 Å². The van der Waals surface area contributed by atoms with Gasteiger partial charge in [0.2, 0.25) is 5.95 Å². The Morgan fingerprint density at radius 2 is 1.96 bits per heavy atom. The molecule has 0 saturated carbocycles. The summed E-state index contributed by atoms with van der Waals surface area (Å²) in [4.78, 5) is 25.0. The molecule has 1 fully saturated rings. The Morgan fingerprint density at radius 1 is 1.28 bits per heavy atom. The molecule has 1 aliphatic heterocycles. The average Bonchev–Trinajstić information content (AvgIpc) is 2.64. The van der Waals surface area contributed by atoms with E-state index >= 15 is 0 Å². The number of aromatic nitrogens is 2. The second-order valence-corrected chi connectivity index (χ2v) is 6.52. The third-order valence-electron chi connectivity index (χ3n) is 4.28. The maximum Gasteiger partial charge on any atom is 0.315 e. The van der Waals surface area contributed by atoms with Crippen molar-refractivity contribution in [3.8, 4) is 12.3 Å². The molecule has 25 heavy (non-hydrogen) atoms. The number of hydrogen-bond donors (Lipinski definition) is 2. The van der Waals surface area contributed by atoms with Crippen molar-refractivity contribution < 1.29 is 4.79 Å². The number of hydrogen-bond acceptors (Lipinski definition) is 5. The number of carbonyl (C=O) groups excluding carboxylic acids is 1. The first kappa shape index (κ1) is 19.0. The van der Waals surface area contributed by atoms with Gasteiger partial charge in [-0.25, -0.2) is 14.8 Å². The number of urea groups is 1. The second kappa shape index (κ2) is 9.84. The number of anilines is 1. The third kappa shape index (κ3) is 6.24. The van der Waals surface area contributed by atoms with E-state index in [2.05, 4.69) is 36.3 Å². The van der Waals surface area contributed by atoms with Crippen molar-refractivity contribution in [2.75, 3.05) is 44.2 Å². The molecule has 7 nitrogen and oxygen atoms in total. The van der Waals surface area contributed by atoms with Crippen LogP contribution >= 0.6 is 0 Å². The number of amides is 2. The van der Waals surface area contributed by atoms with Crippen LogP contribution in [0.2, 0.25) is 0 Å². The lowest BCUT2D eigenvalue weighted by Crippen LogP contribution is -2.48. The predicted molar refractivity (Wildman–Crippen MR) is 99.3 cm³/mol. The number of nitrogens with zero attached hydrogens (tertiary/aromatic N) is 4. The van der Waals surface area contributed by atoms with Crippen molar-refractivity contribution >= 4 is 12.0 Å². The van der Waals surface area contributed by atoms with Crippen molar-refractivity contribution in [3.05, 3.63) is 18.5 Å². The van der Waals surface area contributed by atoms with Gasteiger partial charge in [0.25, 0.3) is 0 Å². The number of piperazine rings is 1. The molecule has 2 rings (SSSR count). The Balaban J connectivity index is 1.59. The Morgan fingerprint density at radius 3 is 2.56 bits per heavy atom. The van der Waals surface area contributed by atoms with Gasteiger partial charge >= 0.3 is 6.03 Å². The maximum atomic E-state index is 11.8. The largest absolute Gasteiger partial charge is 0.338 e. The van der Waals surface area contributed by atoms with Crippen LogP contribution in [-0.2, 0) is 0 Å². The van der Waals surface area contributed by atoms with Crippen LogP contribution in [0.5, 0.6) is 0 Å². The molecule has 2 amide bonds. The number of terminal acetylenes is 1. The number of carbonyl (C=O) groups is 1. The van der Waals surface area contributed by atoms with Gasteiger partial charge in [0.05, 0.1) is 6.04 Å². The number of nitrogens with one attached hydrogen (secondary N) is 2. The fourth-order valence-corrected chi connectivity index (χ4v) is 2.72. The van der Waals surface area contributed by atoms with Crippen molar-refractivity contribution in [2.24, 2.45) is 5.92 Å². The van der Waals surface area contributed by atoms with E-state index < -0.39 is 0 Å². The smallest absolute Gasteiger partial charge is 0.315 e. The minimum absolute atomic E-state index is 0.192. The van der Waals surface area contributed by atoms with Crippen LogP contribution in [0.25, 0.3) is 0 Å². The molecule has 1 atom stereocenters. The molecule has 2 N–H and O–H groups in total. The van der Waals surface area contributed by atoms with Gasteiger partial charge in [-0.05, 0) is 24.9 Å². The van der Waals surface area contributed by atoms with Gasteiger partial charge in [-0.1, -0.05) is 19.8 Å². The van der Waals surface area contributed by atoms with Crippen molar-refractivity contribution in [2.45, 2.75) is 26.3 Å². The molecular formula is C18H28N6O. The first-order valence-electron chi connectivity index (χ1n) is 8.85. The molecule has 0 spiro atoms. The molecule has 1 aliphatic rings. The van der Waals surface area contributed by atoms with E-state index in [1.54, 1.807) is 12.4 Å². The van der Waals surface area contributed by atoms with Gasteiger partial charge in [0.1, 0.15) is 0 Å². The highest BCUT2D eigenvalue weighted by molar-refractivity contribution is 5.74. The minimum atomic E-state index is -0.228. The molecule has 7 heteroatoms. The predicted octanol–water partition coefficient (Wildman–Crippen LogP) is 0.946. The second-order valence-electron chi connectivity index (χ2n) is 6.52. The van der Waals surface area contributed by atoms with Crippen LogP contribution < -0.4 is 15.5 Å². The van der Waals surface area contributed by atoms with Gasteiger partial charge in [0.15, 0.2) is 0 Å². The van der Waals surface area contributed by atoms with Crippen LogP contribution in [0.1, 0.15) is 20.3 Å². The fraction of sp³-hybridized carbons (Fsp3) is 0.611. The Bertz CT molecular complexity index is 563. The van der Waals surface area contributed by atoms with Crippen LogP contribution in [0.4, 0.5) is 10.7 Å². The molecule has 0 radical (unpaired) electrons. The standard InChI is InChI=1S/C18H28N6O/c1-4-16(15(2)3)22-18(25)21-9-6-10-23-11-13-24(14-12-23)17-19-7-5-8-20-17/h1,5,7-8,15-16H,6,9-14H2,2-3H3,(H2,21,22,25)/t16-/m0/s1. The summed E-state index contributed by atoms with van der Waals surface area (Å²) >= 11 is 0. The summed E-state index contributed by atoms with van der Waals surface area (Å²) in [6.45, 7) is 9.41. The lowest BCUT2D eigenvalue weighted by atomic mass is 10.1. The van der Waals surface area contributed by atoms with E-state index in [1.165, 1.54) is 0 Å². The molecule has 0 aromatic carbocycles. The highest BCUT2D eigenvalue weighted by atomic mass is 16.2. The molecular weight excluding hydrogens is 316 g/mol. The van der Waals surface area contributed by atoms with Gasteiger partial charge in [-0.3, -0.25) is 4.90 Å². The SMILES string of the molecule is C#C[C@H](NC(=O)NCCCN1CCN(c2ncccn2)CC1)C(C)C. The first-order chi connectivity index (χ1) is 12.1.